The highest BCUT2D eigenvalue weighted by Gasteiger charge is 2.03. The standard InChI is InChI=1S/C19H24OS/c1-13(2)10-18-9-8-17(21-18)7-5-6-16-11-14(3)19(20)15(4)12-16/h5,7-9,11-13,20H,6,10H2,1-4H3. The Kier molecular flexibility index (Phi) is 5.24. The van der Waals surface area contributed by atoms with Gasteiger partial charge in [0.05, 0.1) is 0 Å². The van der Waals surface area contributed by atoms with E-state index in [1.807, 2.05) is 25.2 Å². The molecule has 1 N–H and O–H groups in total. The topological polar surface area (TPSA) is 20.2 Å². The Morgan fingerprint density at radius 1 is 1.14 bits per heavy atom. The Morgan fingerprint density at radius 3 is 2.43 bits per heavy atom. The average molecular weight is 300 g/mol. The van der Waals surface area contributed by atoms with Gasteiger partial charge < -0.3 is 5.11 Å². The summed E-state index contributed by atoms with van der Waals surface area (Å²) in [6.45, 7) is 8.41. The van der Waals surface area contributed by atoms with Crippen molar-refractivity contribution in [2.75, 3.05) is 0 Å². The monoisotopic (exact) mass is 300 g/mol. The van der Waals surface area contributed by atoms with Crippen molar-refractivity contribution in [2.45, 2.75) is 40.5 Å². The molecule has 0 aliphatic heterocycles. The number of hydrogen-bond acceptors (Lipinski definition) is 2. The van der Waals surface area contributed by atoms with Gasteiger partial charge in [-0.3, -0.25) is 0 Å². The van der Waals surface area contributed by atoms with Crippen molar-refractivity contribution in [1.82, 2.24) is 0 Å². The molecule has 0 aliphatic rings. The maximum atomic E-state index is 9.79. The second kappa shape index (κ2) is 6.95. The minimum Gasteiger partial charge on any atom is -0.507 e. The normalized spacial score (nSPS) is 11.7. The average Bonchev–Trinajstić information content (AvgIpc) is 2.82. The molecule has 0 saturated heterocycles. The van der Waals surface area contributed by atoms with Crippen LogP contribution in [0.3, 0.4) is 0 Å². The molecule has 0 radical (unpaired) electrons. The van der Waals surface area contributed by atoms with Crippen LogP contribution >= 0.6 is 11.3 Å². The van der Waals surface area contributed by atoms with E-state index >= 15 is 0 Å². The molecule has 0 saturated carbocycles. The molecule has 1 heterocycles. The van der Waals surface area contributed by atoms with Crippen LogP contribution in [0.1, 0.15) is 40.3 Å². The quantitative estimate of drug-likeness (QED) is 0.770. The molecule has 1 nitrogen and oxygen atoms in total. The summed E-state index contributed by atoms with van der Waals surface area (Å²) in [5, 5.41) is 9.79. The third-order valence-corrected chi connectivity index (χ3v) is 4.55. The number of thiophene rings is 1. The van der Waals surface area contributed by atoms with Crippen molar-refractivity contribution in [3.05, 3.63) is 56.8 Å². The van der Waals surface area contributed by atoms with E-state index in [0.29, 0.717) is 11.7 Å². The molecule has 2 aromatic rings. The molecular formula is C19H24OS. The number of hydrogen-bond donors (Lipinski definition) is 1. The Hall–Kier alpha value is -1.54. The van der Waals surface area contributed by atoms with Crippen LogP contribution in [0.15, 0.2) is 30.3 Å². The molecular weight excluding hydrogens is 276 g/mol. The molecule has 21 heavy (non-hydrogen) atoms. The highest BCUT2D eigenvalue weighted by atomic mass is 32.1. The Morgan fingerprint density at radius 2 is 1.81 bits per heavy atom. The van der Waals surface area contributed by atoms with Crippen molar-refractivity contribution in [3.8, 4) is 5.75 Å². The van der Waals surface area contributed by atoms with E-state index in [9.17, 15) is 5.11 Å². The molecule has 0 fully saturated rings. The molecule has 2 heteroatoms. The van der Waals surface area contributed by atoms with Gasteiger partial charge in [0.1, 0.15) is 5.75 Å². The predicted octanol–water partition coefficient (Wildman–Crippen LogP) is 5.52. The van der Waals surface area contributed by atoms with Crippen molar-refractivity contribution in [1.29, 1.82) is 0 Å². The Bertz CT molecular complexity index is 612. The van der Waals surface area contributed by atoms with Gasteiger partial charge in [-0.25, -0.2) is 0 Å². The minimum absolute atomic E-state index is 0.416. The molecule has 0 bridgehead atoms. The predicted molar refractivity (Wildman–Crippen MR) is 93.2 cm³/mol. The van der Waals surface area contributed by atoms with Gasteiger partial charge >= 0.3 is 0 Å². The SMILES string of the molecule is Cc1cc(CC=Cc2ccc(CC(C)C)s2)cc(C)c1O. The molecule has 2 rings (SSSR count). The molecule has 0 aliphatic carbocycles. The molecule has 1 aromatic heterocycles. The minimum atomic E-state index is 0.416. The van der Waals surface area contributed by atoms with Gasteiger partial charge in [0, 0.05) is 9.75 Å². The van der Waals surface area contributed by atoms with Crippen LogP contribution in [-0.2, 0) is 12.8 Å². The number of benzene rings is 1. The first-order valence-corrected chi connectivity index (χ1v) is 8.31. The lowest BCUT2D eigenvalue weighted by molar-refractivity contribution is 0.466. The number of phenolic OH excluding ortho intramolecular Hbond substituents is 1. The second-order valence-corrected chi connectivity index (χ2v) is 7.29. The van der Waals surface area contributed by atoms with Gasteiger partial charge in [-0.15, -0.1) is 11.3 Å². The lowest BCUT2D eigenvalue weighted by atomic mass is 10.0. The molecule has 0 unspecified atom stereocenters. The van der Waals surface area contributed by atoms with Crippen LogP contribution in [0.25, 0.3) is 6.08 Å². The zero-order chi connectivity index (χ0) is 15.4. The molecule has 0 spiro atoms. The van der Waals surface area contributed by atoms with Crippen LogP contribution in [0.4, 0.5) is 0 Å². The molecule has 0 atom stereocenters. The Labute approximate surface area is 132 Å². The van der Waals surface area contributed by atoms with Gasteiger partial charge in [-0.05, 0) is 67.5 Å². The first-order chi connectivity index (χ1) is 9.95. The van der Waals surface area contributed by atoms with Gasteiger partial charge in [0.2, 0.25) is 0 Å². The fourth-order valence-corrected chi connectivity index (χ4v) is 3.63. The van der Waals surface area contributed by atoms with E-state index < -0.39 is 0 Å². The van der Waals surface area contributed by atoms with E-state index in [2.05, 4.69) is 50.3 Å². The smallest absolute Gasteiger partial charge is 0.121 e. The maximum absolute atomic E-state index is 9.79. The van der Waals surface area contributed by atoms with Gasteiger partial charge in [0.25, 0.3) is 0 Å². The number of aromatic hydroxyl groups is 1. The summed E-state index contributed by atoms with van der Waals surface area (Å²) in [5.41, 5.74) is 3.15. The zero-order valence-electron chi connectivity index (χ0n) is 13.3. The van der Waals surface area contributed by atoms with E-state index in [4.69, 9.17) is 0 Å². The van der Waals surface area contributed by atoms with Gasteiger partial charge in [0.15, 0.2) is 0 Å². The molecule has 1 aromatic carbocycles. The Balaban J connectivity index is 2.01. The number of allylic oxidation sites excluding steroid dienone is 1. The fourth-order valence-electron chi connectivity index (χ4n) is 2.47. The first-order valence-electron chi connectivity index (χ1n) is 7.50. The van der Waals surface area contributed by atoms with E-state index in [1.54, 1.807) is 0 Å². The summed E-state index contributed by atoms with van der Waals surface area (Å²) in [4.78, 5) is 2.78. The van der Waals surface area contributed by atoms with Crippen molar-refractivity contribution < 1.29 is 5.11 Å². The summed E-state index contributed by atoms with van der Waals surface area (Å²) < 4.78 is 0. The van der Waals surface area contributed by atoms with E-state index in [-0.39, 0.29) is 0 Å². The summed E-state index contributed by atoms with van der Waals surface area (Å²) >= 11 is 1.88. The summed E-state index contributed by atoms with van der Waals surface area (Å²) in [6.07, 6.45) is 6.47. The van der Waals surface area contributed by atoms with Crippen molar-refractivity contribution in [3.63, 3.8) is 0 Å². The van der Waals surface area contributed by atoms with Crippen molar-refractivity contribution >= 4 is 17.4 Å². The third kappa shape index (κ3) is 4.47. The van der Waals surface area contributed by atoms with Crippen LogP contribution in [0, 0.1) is 19.8 Å². The zero-order valence-corrected chi connectivity index (χ0v) is 14.1. The first kappa shape index (κ1) is 15.8. The third-order valence-electron chi connectivity index (χ3n) is 3.48. The van der Waals surface area contributed by atoms with Gasteiger partial charge in [-0.1, -0.05) is 32.1 Å². The number of phenols is 1. The van der Waals surface area contributed by atoms with Crippen LogP contribution in [0.5, 0.6) is 5.75 Å². The highest BCUT2D eigenvalue weighted by molar-refractivity contribution is 7.12. The van der Waals surface area contributed by atoms with Crippen LogP contribution < -0.4 is 0 Å². The van der Waals surface area contributed by atoms with Crippen LogP contribution in [0.2, 0.25) is 0 Å². The fraction of sp³-hybridized carbons (Fsp3) is 0.368. The lowest BCUT2D eigenvalue weighted by Gasteiger charge is -2.05. The molecule has 0 amide bonds. The van der Waals surface area contributed by atoms with E-state index in [1.165, 1.54) is 15.3 Å². The summed E-state index contributed by atoms with van der Waals surface area (Å²) in [5.74, 6) is 1.13. The highest BCUT2D eigenvalue weighted by Crippen LogP contribution is 2.24. The molecule has 112 valence electrons. The second-order valence-electron chi connectivity index (χ2n) is 6.09. The van der Waals surface area contributed by atoms with Crippen molar-refractivity contribution in [2.24, 2.45) is 5.92 Å². The lowest BCUT2D eigenvalue weighted by Crippen LogP contribution is -1.89. The number of rotatable bonds is 5. The van der Waals surface area contributed by atoms with E-state index in [0.717, 1.165) is 24.0 Å². The van der Waals surface area contributed by atoms with Gasteiger partial charge in [-0.2, -0.15) is 0 Å². The maximum Gasteiger partial charge on any atom is 0.121 e. The number of aryl methyl sites for hydroxylation is 2. The van der Waals surface area contributed by atoms with Crippen LogP contribution in [-0.4, -0.2) is 5.11 Å². The summed E-state index contributed by atoms with van der Waals surface area (Å²) in [6, 6.07) is 8.56. The summed E-state index contributed by atoms with van der Waals surface area (Å²) in [7, 11) is 0. The largest absolute Gasteiger partial charge is 0.507 e.